The molecule has 3 aromatic rings. The average Bonchev–Trinajstić information content (AvgIpc) is 2.68. The van der Waals surface area contributed by atoms with E-state index in [1.807, 2.05) is 54.6 Å². The highest BCUT2D eigenvalue weighted by molar-refractivity contribution is 8.00. The molecule has 1 N–H and O–H groups in total. The lowest BCUT2D eigenvalue weighted by atomic mass is 9.87. The molecule has 0 saturated carbocycles. The average molecular weight is 392 g/mol. The number of amides is 1. The highest BCUT2D eigenvalue weighted by atomic mass is 32.2. The van der Waals surface area contributed by atoms with Gasteiger partial charge in [0, 0.05) is 10.6 Å². The molecule has 0 aliphatic rings. The van der Waals surface area contributed by atoms with Crippen molar-refractivity contribution in [3.63, 3.8) is 0 Å². The molecule has 1 amide bonds. The molecule has 0 aliphatic heterocycles. The molecule has 0 heterocycles. The lowest BCUT2D eigenvalue weighted by Gasteiger charge is -2.19. The van der Waals surface area contributed by atoms with Crippen molar-refractivity contribution in [2.24, 2.45) is 0 Å². The van der Waals surface area contributed by atoms with Gasteiger partial charge in [-0.1, -0.05) is 51.1 Å². The molecule has 0 aliphatic carbocycles. The number of nitrogens with one attached hydrogen (secondary N) is 1. The predicted octanol–water partition coefficient (Wildman–Crippen LogP) is 6.51. The molecule has 3 nitrogen and oxygen atoms in total. The zero-order valence-electron chi connectivity index (χ0n) is 16.4. The third-order valence-corrected chi connectivity index (χ3v) is 5.22. The van der Waals surface area contributed by atoms with Crippen LogP contribution in [0.1, 0.15) is 26.3 Å². The van der Waals surface area contributed by atoms with Crippen LogP contribution in [0.3, 0.4) is 0 Å². The predicted molar refractivity (Wildman–Crippen MR) is 117 cm³/mol. The van der Waals surface area contributed by atoms with Crippen molar-refractivity contribution < 1.29 is 9.53 Å². The minimum Gasteiger partial charge on any atom is -0.457 e. The van der Waals surface area contributed by atoms with Gasteiger partial charge in [0.1, 0.15) is 11.5 Å². The van der Waals surface area contributed by atoms with Crippen LogP contribution in [0.25, 0.3) is 0 Å². The third-order valence-electron chi connectivity index (χ3n) is 4.21. The van der Waals surface area contributed by atoms with Crippen LogP contribution in [0, 0.1) is 0 Å². The Bertz CT molecular complexity index is 898. The van der Waals surface area contributed by atoms with Crippen LogP contribution in [0.5, 0.6) is 11.5 Å². The topological polar surface area (TPSA) is 38.3 Å². The Labute approximate surface area is 171 Å². The van der Waals surface area contributed by atoms with E-state index in [0.29, 0.717) is 5.75 Å². The van der Waals surface area contributed by atoms with Crippen molar-refractivity contribution in [3.05, 3.63) is 84.4 Å². The molecule has 0 aromatic heterocycles. The molecule has 144 valence electrons. The van der Waals surface area contributed by atoms with Gasteiger partial charge in [0.05, 0.1) is 5.75 Å². The van der Waals surface area contributed by atoms with E-state index in [4.69, 9.17) is 4.74 Å². The van der Waals surface area contributed by atoms with Gasteiger partial charge in [-0.2, -0.15) is 0 Å². The number of thioether (sulfide) groups is 1. The molecule has 4 heteroatoms. The number of para-hydroxylation sites is 1. The van der Waals surface area contributed by atoms with Crippen molar-refractivity contribution in [1.29, 1.82) is 0 Å². The fraction of sp³-hybridized carbons (Fsp3) is 0.208. The summed E-state index contributed by atoms with van der Waals surface area (Å²) in [6.45, 7) is 6.58. The highest BCUT2D eigenvalue weighted by Gasteiger charge is 2.13. The Morgan fingerprint density at radius 2 is 1.46 bits per heavy atom. The van der Waals surface area contributed by atoms with Crippen molar-refractivity contribution >= 4 is 23.4 Å². The monoisotopic (exact) mass is 391 g/mol. The van der Waals surface area contributed by atoms with Gasteiger partial charge in [-0.25, -0.2) is 0 Å². The summed E-state index contributed by atoms with van der Waals surface area (Å²) in [5.74, 6) is 1.87. The fourth-order valence-electron chi connectivity index (χ4n) is 2.63. The number of benzene rings is 3. The Morgan fingerprint density at radius 1 is 0.857 bits per heavy atom. The lowest BCUT2D eigenvalue weighted by Crippen LogP contribution is -2.14. The van der Waals surface area contributed by atoms with E-state index in [1.165, 1.54) is 17.3 Å². The van der Waals surface area contributed by atoms with Gasteiger partial charge < -0.3 is 10.1 Å². The maximum atomic E-state index is 12.2. The van der Waals surface area contributed by atoms with E-state index < -0.39 is 0 Å². The summed E-state index contributed by atoms with van der Waals surface area (Å²) < 4.78 is 5.76. The fourth-order valence-corrected chi connectivity index (χ4v) is 3.33. The van der Waals surface area contributed by atoms with Gasteiger partial charge in [-0.3, -0.25) is 4.79 Å². The Morgan fingerprint density at radius 3 is 2.07 bits per heavy atom. The van der Waals surface area contributed by atoms with Gasteiger partial charge in [0.25, 0.3) is 0 Å². The molecule has 0 fully saturated rings. The molecule has 0 unspecified atom stereocenters. The minimum atomic E-state index is -0.0263. The number of anilines is 1. The zero-order chi connectivity index (χ0) is 20.0. The largest absolute Gasteiger partial charge is 0.457 e. The first kappa shape index (κ1) is 20.0. The second-order valence-corrected chi connectivity index (χ2v) is 8.60. The van der Waals surface area contributed by atoms with Gasteiger partial charge in [0.15, 0.2) is 0 Å². The second-order valence-electron chi connectivity index (χ2n) is 7.55. The molecule has 3 aromatic carbocycles. The van der Waals surface area contributed by atoms with Crippen LogP contribution in [-0.2, 0) is 10.2 Å². The first-order valence-electron chi connectivity index (χ1n) is 9.26. The maximum Gasteiger partial charge on any atom is 0.234 e. The van der Waals surface area contributed by atoms with E-state index in [-0.39, 0.29) is 11.3 Å². The standard InChI is InChI=1S/C24H25NO2S/c1-24(2,3)18-9-15-22(16-10-18)28-17-23(26)25-19-11-13-21(14-12-19)27-20-7-5-4-6-8-20/h4-16H,17H2,1-3H3,(H,25,26). The number of ether oxygens (including phenoxy) is 1. The molecular weight excluding hydrogens is 366 g/mol. The summed E-state index contributed by atoms with van der Waals surface area (Å²) >= 11 is 1.54. The quantitative estimate of drug-likeness (QED) is 0.487. The van der Waals surface area contributed by atoms with E-state index in [2.05, 4.69) is 50.4 Å². The number of carbonyl (C=O) groups excluding carboxylic acids is 1. The maximum absolute atomic E-state index is 12.2. The summed E-state index contributed by atoms with van der Waals surface area (Å²) in [6, 6.07) is 25.4. The first-order valence-corrected chi connectivity index (χ1v) is 10.2. The van der Waals surface area contributed by atoms with E-state index in [0.717, 1.165) is 22.1 Å². The van der Waals surface area contributed by atoms with Crippen molar-refractivity contribution in [3.8, 4) is 11.5 Å². The Balaban J connectivity index is 1.49. The van der Waals surface area contributed by atoms with Crippen molar-refractivity contribution in [2.75, 3.05) is 11.1 Å². The SMILES string of the molecule is CC(C)(C)c1ccc(SCC(=O)Nc2ccc(Oc3ccccc3)cc2)cc1. The molecular formula is C24H25NO2S. The van der Waals surface area contributed by atoms with Crippen LogP contribution in [0.4, 0.5) is 5.69 Å². The van der Waals surface area contributed by atoms with E-state index in [1.54, 1.807) is 0 Å². The van der Waals surface area contributed by atoms with Crippen LogP contribution in [0.2, 0.25) is 0 Å². The number of hydrogen-bond donors (Lipinski definition) is 1. The normalized spacial score (nSPS) is 11.1. The number of rotatable bonds is 6. The molecule has 0 radical (unpaired) electrons. The summed E-state index contributed by atoms with van der Waals surface area (Å²) in [4.78, 5) is 13.3. The van der Waals surface area contributed by atoms with Crippen LogP contribution < -0.4 is 10.1 Å². The summed E-state index contributed by atoms with van der Waals surface area (Å²) in [5, 5.41) is 2.92. The number of hydrogen-bond acceptors (Lipinski definition) is 3. The zero-order valence-corrected chi connectivity index (χ0v) is 17.3. The lowest BCUT2D eigenvalue weighted by molar-refractivity contribution is -0.113. The van der Waals surface area contributed by atoms with Gasteiger partial charge in [0.2, 0.25) is 5.91 Å². The Hall–Kier alpha value is -2.72. The smallest absolute Gasteiger partial charge is 0.234 e. The molecule has 3 rings (SSSR count). The van der Waals surface area contributed by atoms with Gasteiger partial charge in [-0.15, -0.1) is 11.8 Å². The molecule has 0 bridgehead atoms. The molecule has 0 spiro atoms. The molecule has 0 saturated heterocycles. The highest BCUT2D eigenvalue weighted by Crippen LogP contribution is 2.26. The van der Waals surface area contributed by atoms with Gasteiger partial charge >= 0.3 is 0 Å². The second kappa shape index (κ2) is 8.98. The third kappa shape index (κ3) is 5.89. The first-order chi connectivity index (χ1) is 13.4. The van der Waals surface area contributed by atoms with Crippen molar-refractivity contribution in [2.45, 2.75) is 31.1 Å². The van der Waals surface area contributed by atoms with Crippen molar-refractivity contribution in [1.82, 2.24) is 0 Å². The Kier molecular flexibility index (Phi) is 6.42. The summed E-state index contributed by atoms with van der Waals surface area (Å²) in [6.07, 6.45) is 0. The number of carbonyl (C=O) groups is 1. The van der Waals surface area contributed by atoms with E-state index >= 15 is 0 Å². The van der Waals surface area contributed by atoms with Crippen LogP contribution in [0.15, 0.2) is 83.8 Å². The molecule has 0 atom stereocenters. The van der Waals surface area contributed by atoms with Gasteiger partial charge in [-0.05, 0) is 59.5 Å². The van der Waals surface area contributed by atoms with Crippen LogP contribution in [-0.4, -0.2) is 11.7 Å². The van der Waals surface area contributed by atoms with E-state index in [9.17, 15) is 4.79 Å². The van der Waals surface area contributed by atoms with Crippen LogP contribution >= 0.6 is 11.8 Å². The summed E-state index contributed by atoms with van der Waals surface area (Å²) in [5.41, 5.74) is 2.19. The molecule has 28 heavy (non-hydrogen) atoms. The minimum absolute atomic E-state index is 0.0263. The summed E-state index contributed by atoms with van der Waals surface area (Å²) in [7, 11) is 0.